The highest BCUT2D eigenvalue weighted by Crippen LogP contribution is 2.16. The van der Waals surface area contributed by atoms with E-state index >= 15 is 0 Å². The van der Waals surface area contributed by atoms with Crippen LogP contribution in [0, 0.1) is 11.6 Å². The van der Waals surface area contributed by atoms with E-state index in [1.54, 1.807) is 0 Å². The van der Waals surface area contributed by atoms with Gasteiger partial charge in [-0.2, -0.15) is 0 Å². The highest BCUT2D eigenvalue weighted by molar-refractivity contribution is 6.30. The summed E-state index contributed by atoms with van der Waals surface area (Å²) in [6, 6.07) is 3.82. The van der Waals surface area contributed by atoms with Crippen LogP contribution in [-0.2, 0) is 0 Å². The number of anilines is 1. The predicted molar refractivity (Wildman–Crippen MR) is 66.4 cm³/mol. The number of amides is 1. The van der Waals surface area contributed by atoms with Gasteiger partial charge >= 0.3 is 0 Å². The molecule has 1 amide bonds. The maximum atomic E-state index is 13.3. The monoisotopic (exact) mass is 284 g/mol. The number of pyridine rings is 1. The molecular formula is C12H7ClF2N2O2. The van der Waals surface area contributed by atoms with Crippen molar-refractivity contribution in [3.8, 4) is 0 Å². The largest absolute Gasteiger partial charge is 0.327 e. The van der Waals surface area contributed by atoms with E-state index in [9.17, 15) is 18.4 Å². The summed E-state index contributed by atoms with van der Waals surface area (Å²) >= 11 is 5.64. The van der Waals surface area contributed by atoms with Gasteiger partial charge in [0, 0.05) is 12.3 Å². The first-order valence-electron chi connectivity index (χ1n) is 5.12. The minimum atomic E-state index is -0.938. The van der Waals surface area contributed by atoms with E-state index in [2.05, 4.69) is 10.3 Å². The Morgan fingerprint density at radius 2 is 2.00 bits per heavy atom. The van der Waals surface area contributed by atoms with Crippen LogP contribution in [0.5, 0.6) is 0 Å². The quantitative estimate of drug-likeness (QED) is 0.890. The van der Waals surface area contributed by atoms with E-state index in [1.165, 1.54) is 6.20 Å². The number of H-pyrrole nitrogens is 1. The average molecular weight is 285 g/mol. The molecule has 0 aliphatic rings. The molecule has 98 valence electrons. The molecule has 4 nitrogen and oxygen atoms in total. The van der Waals surface area contributed by atoms with Gasteiger partial charge in [0.05, 0.1) is 10.7 Å². The lowest BCUT2D eigenvalue weighted by atomic mass is 10.2. The number of benzene rings is 1. The summed E-state index contributed by atoms with van der Waals surface area (Å²) < 4.78 is 26.0. The minimum Gasteiger partial charge on any atom is -0.327 e. The Kier molecular flexibility index (Phi) is 3.62. The number of rotatable bonds is 2. The lowest BCUT2D eigenvalue weighted by Gasteiger charge is -2.06. The summed E-state index contributed by atoms with van der Waals surface area (Å²) in [6.45, 7) is 0. The van der Waals surface area contributed by atoms with Crippen molar-refractivity contribution < 1.29 is 13.6 Å². The predicted octanol–water partition coefficient (Wildman–Crippen LogP) is 2.56. The molecule has 0 fully saturated rings. The molecular weight excluding hydrogens is 278 g/mol. The van der Waals surface area contributed by atoms with Gasteiger partial charge in [-0.25, -0.2) is 8.78 Å². The number of hydrogen-bond donors (Lipinski definition) is 2. The Labute approximate surface area is 111 Å². The van der Waals surface area contributed by atoms with Crippen molar-refractivity contribution in [2.75, 3.05) is 5.32 Å². The maximum Gasteiger partial charge on any atom is 0.261 e. The maximum absolute atomic E-state index is 13.3. The van der Waals surface area contributed by atoms with Crippen molar-refractivity contribution in [2.24, 2.45) is 0 Å². The van der Waals surface area contributed by atoms with E-state index in [4.69, 9.17) is 11.6 Å². The van der Waals surface area contributed by atoms with Crippen LogP contribution in [0.1, 0.15) is 10.4 Å². The number of aromatic amines is 1. The number of hydrogen-bond acceptors (Lipinski definition) is 2. The third kappa shape index (κ3) is 2.97. The Morgan fingerprint density at radius 3 is 2.68 bits per heavy atom. The summed E-state index contributed by atoms with van der Waals surface area (Å²) in [6.07, 6.45) is 1.22. The molecule has 7 heteroatoms. The fraction of sp³-hybridized carbons (Fsp3) is 0. The van der Waals surface area contributed by atoms with E-state index < -0.39 is 23.1 Å². The van der Waals surface area contributed by atoms with Gasteiger partial charge in [0.1, 0.15) is 17.2 Å². The van der Waals surface area contributed by atoms with Gasteiger partial charge < -0.3 is 10.3 Å². The molecule has 2 rings (SSSR count). The van der Waals surface area contributed by atoms with Crippen LogP contribution in [0.25, 0.3) is 0 Å². The van der Waals surface area contributed by atoms with Crippen LogP contribution in [0.4, 0.5) is 14.5 Å². The van der Waals surface area contributed by atoms with Crippen molar-refractivity contribution in [2.45, 2.75) is 0 Å². The van der Waals surface area contributed by atoms with Crippen molar-refractivity contribution in [1.29, 1.82) is 0 Å². The second kappa shape index (κ2) is 5.19. The van der Waals surface area contributed by atoms with Crippen LogP contribution in [0.3, 0.4) is 0 Å². The SMILES string of the molecule is O=C(Nc1ccc(F)cc1F)c1cc(Cl)c[nH]c1=O. The van der Waals surface area contributed by atoms with Crippen molar-refractivity contribution in [3.63, 3.8) is 0 Å². The number of aromatic nitrogens is 1. The van der Waals surface area contributed by atoms with Gasteiger partial charge in [-0.05, 0) is 18.2 Å². The van der Waals surface area contributed by atoms with Gasteiger partial charge in [-0.3, -0.25) is 9.59 Å². The molecule has 19 heavy (non-hydrogen) atoms. The first-order chi connectivity index (χ1) is 8.97. The second-order valence-electron chi connectivity index (χ2n) is 3.64. The van der Waals surface area contributed by atoms with Gasteiger partial charge in [-0.15, -0.1) is 0 Å². The van der Waals surface area contributed by atoms with E-state index in [-0.39, 0.29) is 16.3 Å². The Hall–Kier alpha value is -2.21. The standard InChI is InChI=1S/C12H7ClF2N2O2/c13-6-3-8(11(18)16-5-6)12(19)17-10-2-1-7(14)4-9(10)15/h1-5H,(H,16,18)(H,17,19). The highest BCUT2D eigenvalue weighted by atomic mass is 35.5. The lowest BCUT2D eigenvalue weighted by molar-refractivity contribution is 0.102. The number of nitrogens with one attached hydrogen (secondary N) is 2. The fourth-order valence-corrected chi connectivity index (χ4v) is 1.57. The third-order valence-corrected chi connectivity index (χ3v) is 2.51. The smallest absolute Gasteiger partial charge is 0.261 e. The molecule has 2 N–H and O–H groups in total. The van der Waals surface area contributed by atoms with Crippen molar-refractivity contribution in [1.82, 2.24) is 4.98 Å². The first-order valence-corrected chi connectivity index (χ1v) is 5.50. The van der Waals surface area contributed by atoms with Crippen LogP contribution in [0.15, 0.2) is 35.3 Å². The molecule has 0 unspecified atom stereocenters. The second-order valence-corrected chi connectivity index (χ2v) is 4.08. The molecule has 0 radical (unpaired) electrons. The zero-order chi connectivity index (χ0) is 14.0. The zero-order valence-electron chi connectivity index (χ0n) is 9.34. The molecule has 1 aromatic heterocycles. The lowest BCUT2D eigenvalue weighted by Crippen LogP contribution is -2.23. The summed E-state index contributed by atoms with van der Waals surface area (Å²) in [5.74, 6) is -2.54. The summed E-state index contributed by atoms with van der Waals surface area (Å²) in [4.78, 5) is 25.4. The van der Waals surface area contributed by atoms with E-state index in [0.29, 0.717) is 6.07 Å². The molecule has 0 saturated heterocycles. The summed E-state index contributed by atoms with van der Waals surface area (Å²) in [5.41, 5.74) is -1.16. The molecule has 0 saturated carbocycles. The molecule has 0 aliphatic heterocycles. The third-order valence-electron chi connectivity index (χ3n) is 2.29. The molecule has 0 atom stereocenters. The van der Waals surface area contributed by atoms with Crippen LogP contribution >= 0.6 is 11.6 Å². The normalized spacial score (nSPS) is 10.3. The number of carbonyl (C=O) groups excluding carboxylic acids is 1. The Bertz CT molecular complexity index is 700. The zero-order valence-corrected chi connectivity index (χ0v) is 10.1. The van der Waals surface area contributed by atoms with Crippen LogP contribution in [0.2, 0.25) is 5.02 Å². The molecule has 0 spiro atoms. The Morgan fingerprint density at radius 1 is 1.26 bits per heavy atom. The van der Waals surface area contributed by atoms with Gasteiger partial charge in [-0.1, -0.05) is 11.6 Å². The molecule has 1 heterocycles. The highest BCUT2D eigenvalue weighted by Gasteiger charge is 2.13. The molecule has 0 bridgehead atoms. The van der Waals surface area contributed by atoms with Gasteiger partial charge in [0.15, 0.2) is 0 Å². The Balaban J connectivity index is 2.31. The summed E-state index contributed by atoms with van der Waals surface area (Å²) in [7, 11) is 0. The average Bonchev–Trinajstić information content (AvgIpc) is 2.35. The number of halogens is 3. The van der Waals surface area contributed by atoms with E-state index in [0.717, 1.165) is 18.2 Å². The van der Waals surface area contributed by atoms with E-state index in [1.807, 2.05) is 0 Å². The fourth-order valence-electron chi connectivity index (χ4n) is 1.41. The molecule has 2 aromatic rings. The molecule has 0 aliphatic carbocycles. The van der Waals surface area contributed by atoms with Crippen molar-refractivity contribution in [3.05, 3.63) is 63.0 Å². The topological polar surface area (TPSA) is 62.0 Å². The van der Waals surface area contributed by atoms with Crippen LogP contribution < -0.4 is 10.9 Å². The first kappa shape index (κ1) is 13.2. The van der Waals surface area contributed by atoms with Crippen molar-refractivity contribution >= 4 is 23.2 Å². The van der Waals surface area contributed by atoms with Gasteiger partial charge in [0.25, 0.3) is 11.5 Å². The molecule has 1 aromatic carbocycles. The summed E-state index contributed by atoms with van der Waals surface area (Å²) in [5, 5.41) is 2.32. The minimum absolute atomic E-state index is 0.157. The number of carbonyl (C=O) groups is 1. The van der Waals surface area contributed by atoms with Gasteiger partial charge in [0.2, 0.25) is 0 Å². The van der Waals surface area contributed by atoms with Crippen LogP contribution in [-0.4, -0.2) is 10.9 Å².